The number of carbonyl (C=O) groups excluding carboxylic acids is 1. The SMILES string of the molecule is Cc1ccc(C(C)NC(=O)c2c(C)nn(-c3ccccc3)c2C)o1. The van der Waals surface area contributed by atoms with Gasteiger partial charge in [0, 0.05) is 0 Å². The second-order valence-corrected chi connectivity index (χ2v) is 5.94. The summed E-state index contributed by atoms with van der Waals surface area (Å²) in [4.78, 5) is 12.7. The van der Waals surface area contributed by atoms with Crippen LogP contribution in [0.1, 0.15) is 46.2 Å². The third-order valence-corrected chi connectivity index (χ3v) is 4.05. The monoisotopic (exact) mass is 323 g/mol. The first-order valence-electron chi connectivity index (χ1n) is 7.96. The number of nitrogens with zero attached hydrogens (tertiary/aromatic N) is 2. The summed E-state index contributed by atoms with van der Waals surface area (Å²) in [5.41, 5.74) is 3.07. The maximum atomic E-state index is 12.7. The van der Waals surface area contributed by atoms with Crippen LogP contribution in [-0.4, -0.2) is 15.7 Å². The first-order chi connectivity index (χ1) is 11.5. The molecular formula is C19H21N3O2. The number of rotatable bonds is 4. The number of para-hydroxylation sites is 1. The number of hydrogen-bond acceptors (Lipinski definition) is 3. The Bertz CT molecular complexity index is 862. The lowest BCUT2D eigenvalue weighted by Crippen LogP contribution is -2.27. The van der Waals surface area contributed by atoms with Crippen LogP contribution in [0.25, 0.3) is 5.69 Å². The van der Waals surface area contributed by atoms with E-state index in [4.69, 9.17) is 4.42 Å². The average Bonchev–Trinajstić information content (AvgIpc) is 3.11. The zero-order valence-corrected chi connectivity index (χ0v) is 14.3. The maximum absolute atomic E-state index is 12.7. The summed E-state index contributed by atoms with van der Waals surface area (Å²) in [5, 5.41) is 7.50. The molecule has 3 aromatic rings. The van der Waals surface area contributed by atoms with E-state index in [0.717, 1.165) is 22.9 Å². The number of furan rings is 1. The molecular weight excluding hydrogens is 302 g/mol. The van der Waals surface area contributed by atoms with Crippen LogP contribution in [0.3, 0.4) is 0 Å². The third kappa shape index (κ3) is 2.97. The van der Waals surface area contributed by atoms with Crippen LogP contribution in [-0.2, 0) is 0 Å². The summed E-state index contributed by atoms with van der Waals surface area (Å²) in [6, 6.07) is 13.4. The first-order valence-corrected chi connectivity index (χ1v) is 7.96. The van der Waals surface area contributed by atoms with Crippen molar-refractivity contribution in [3.63, 3.8) is 0 Å². The van der Waals surface area contributed by atoms with Crippen LogP contribution in [0.15, 0.2) is 46.9 Å². The van der Waals surface area contributed by atoms with Crippen molar-refractivity contribution >= 4 is 5.91 Å². The fraction of sp³-hybridized carbons (Fsp3) is 0.263. The average molecular weight is 323 g/mol. The second kappa shape index (κ2) is 6.35. The summed E-state index contributed by atoms with van der Waals surface area (Å²) in [6.07, 6.45) is 0. The highest BCUT2D eigenvalue weighted by Gasteiger charge is 2.22. The Kier molecular flexibility index (Phi) is 4.25. The minimum atomic E-state index is -0.204. The lowest BCUT2D eigenvalue weighted by Gasteiger charge is -2.12. The first kappa shape index (κ1) is 16.1. The summed E-state index contributed by atoms with van der Waals surface area (Å²) in [5.74, 6) is 1.43. The molecule has 5 heteroatoms. The highest BCUT2D eigenvalue weighted by molar-refractivity contribution is 5.96. The van der Waals surface area contributed by atoms with E-state index in [1.54, 1.807) is 4.68 Å². The summed E-state index contributed by atoms with van der Waals surface area (Å²) in [6.45, 7) is 7.55. The molecule has 124 valence electrons. The molecule has 2 aromatic heterocycles. The Balaban J connectivity index is 1.87. The van der Waals surface area contributed by atoms with Gasteiger partial charge in [0.1, 0.15) is 11.5 Å². The predicted octanol–water partition coefficient (Wildman–Crippen LogP) is 3.88. The van der Waals surface area contributed by atoms with Gasteiger partial charge in [-0.1, -0.05) is 18.2 Å². The van der Waals surface area contributed by atoms with Gasteiger partial charge in [-0.3, -0.25) is 4.79 Å². The van der Waals surface area contributed by atoms with E-state index in [1.807, 2.05) is 70.2 Å². The number of aromatic nitrogens is 2. The number of carbonyl (C=O) groups is 1. The molecule has 1 N–H and O–H groups in total. The van der Waals surface area contributed by atoms with Crippen LogP contribution >= 0.6 is 0 Å². The van der Waals surface area contributed by atoms with Gasteiger partial charge in [-0.15, -0.1) is 0 Å². The fourth-order valence-electron chi connectivity index (χ4n) is 2.82. The Labute approximate surface area is 141 Å². The number of hydrogen-bond donors (Lipinski definition) is 1. The largest absolute Gasteiger partial charge is 0.464 e. The molecule has 3 rings (SSSR count). The van der Waals surface area contributed by atoms with Gasteiger partial charge in [0.05, 0.1) is 28.7 Å². The van der Waals surface area contributed by atoms with Crippen molar-refractivity contribution in [1.82, 2.24) is 15.1 Å². The minimum absolute atomic E-state index is 0.145. The molecule has 1 atom stereocenters. The lowest BCUT2D eigenvalue weighted by atomic mass is 10.1. The Morgan fingerprint density at radius 1 is 1.12 bits per heavy atom. The molecule has 0 aliphatic carbocycles. The van der Waals surface area contributed by atoms with Crippen LogP contribution in [0, 0.1) is 20.8 Å². The van der Waals surface area contributed by atoms with Crippen molar-refractivity contribution < 1.29 is 9.21 Å². The van der Waals surface area contributed by atoms with E-state index < -0.39 is 0 Å². The number of amides is 1. The molecule has 1 unspecified atom stereocenters. The van der Waals surface area contributed by atoms with Gasteiger partial charge in [-0.2, -0.15) is 5.10 Å². The Morgan fingerprint density at radius 3 is 2.46 bits per heavy atom. The quantitative estimate of drug-likeness (QED) is 0.792. The molecule has 1 amide bonds. The van der Waals surface area contributed by atoms with Gasteiger partial charge in [-0.25, -0.2) is 4.68 Å². The Hall–Kier alpha value is -2.82. The van der Waals surface area contributed by atoms with Gasteiger partial charge in [0.25, 0.3) is 5.91 Å². The lowest BCUT2D eigenvalue weighted by molar-refractivity contribution is 0.0934. The van der Waals surface area contributed by atoms with Crippen LogP contribution in [0.4, 0.5) is 0 Å². The Morgan fingerprint density at radius 2 is 1.83 bits per heavy atom. The fourth-order valence-corrected chi connectivity index (χ4v) is 2.82. The van der Waals surface area contributed by atoms with Crippen molar-refractivity contribution in [2.24, 2.45) is 0 Å². The zero-order chi connectivity index (χ0) is 17.3. The molecule has 0 saturated carbocycles. The predicted molar refractivity (Wildman–Crippen MR) is 92.4 cm³/mol. The molecule has 0 saturated heterocycles. The van der Waals surface area contributed by atoms with Gasteiger partial charge in [-0.05, 0) is 52.0 Å². The molecule has 24 heavy (non-hydrogen) atoms. The topological polar surface area (TPSA) is 60.1 Å². The van der Waals surface area contributed by atoms with Gasteiger partial charge < -0.3 is 9.73 Å². The number of benzene rings is 1. The highest BCUT2D eigenvalue weighted by atomic mass is 16.3. The van der Waals surface area contributed by atoms with E-state index in [2.05, 4.69) is 10.4 Å². The molecule has 0 aliphatic heterocycles. The van der Waals surface area contributed by atoms with Gasteiger partial charge >= 0.3 is 0 Å². The van der Waals surface area contributed by atoms with Crippen LogP contribution in [0.2, 0.25) is 0 Å². The van der Waals surface area contributed by atoms with E-state index in [0.29, 0.717) is 11.3 Å². The van der Waals surface area contributed by atoms with Crippen molar-refractivity contribution in [2.45, 2.75) is 33.7 Å². The molecule has 0 radical (unpaired) electrons. The summed E-state index contributed by atoms with van der Waals surface area (Å²) < 4.78 is 7.38. The van der Waals surface area contributed by atoms with Gasteiger partial charge in [0.15, 0.2) is 0 Å². The third-order valence-electron chi connectivity index (χ3n) is 4.05. The smallest absolute Gasteiger partial charge is 0.255 e. The molecule has 0 bridgehead atoms. The van der Waals surface area contributed by atoms with Crippen molar-refractivity contribution in [1.29, 1.82) is 0 Å². The maximum Gasteiger partial charge on any atom is 0.255 e. The standard InChI is InChI=1S/C19H21N3O2/c1-12-10-11-17(24-12)13(2)20-19(23)18-14(3)21-22(15(18)4)16-8-6-5-7-9-16/h5-11,13H,1-4H3,(H,20,23). The van der Waals surface area contributed by atoms with Gasteiger partial charge in [0.2, 0.25) is 0 Å². The minimum Gasteiger partial charge on any atom is -0.464 e. The second-order valence-electron chi connectivity index (χ2n) is 5.94. The molecule has 5 nitrogen and oxygen atoms in total. The molecule has 2 heterocycles. The van der Waals surface area contributed by atoms with Crippen molar-refractivity contribution in [3.05, 3.63) is 70.9 Å². The van der Waals surface area contributed by atoms with E-state index in [-0.39, 0.29) is 11.9 Å². The zero-order valence-electron chi connectivity index (χ0n) is 14.3. The van der Waals surface area contributed by atoms with Crippen LogP contribution in [0.5, 0.6) is 0 Å². The molecule has 0 fully saturated rings. The number of aryl methyl sites for hydroxylation is 2. The van der Waals surface area contributed by atoms with Crippen molar-refractivity contribution in [2.75, 3.05) is 0 Å². The van der Waals surface area contributed by atoms with E-state index >= 15 is 0 Å². The number of nitrogens with one attached hydrogen (secondary N) is 1. The van der Waals surface area contributed by atoms with E-state index in [1.165, 1.54) is 0 Å². The van der Waals surface area contributed by atoms with Crippen molar-refractivity contribution in [3.8, 4) is 5.69 Å². The normalized spacial score (nSPS) is 12.2. The highest BCUT2D eigenvalue weighted by Crippen LogP contribution is 2.20. The summed E-state index contributed by atoms with van der Waals surface area (Å²) in [7, 11) is 0. The molecule has 0 spiro atoms. The molecule has 0 aliphatic rings. The van der Waals surface area contributed by atoms with Crippen LogP contribution < -0.4 is 5.32 Å². The summed E-state index contributed by atoms with van der Waals surface area (Å²) >= 11 is 0. The van der Waals surface area contributed by atoms with E-state index in [9.17, 15) is 4.79 Å². The molecule has 1 aromatic carbocycles.